The van der Waals surface area contributed by atoms with Crippen LogP contribution in [-0.2, 0) is 25.5 Å². The number of thioether (sulfide) groups is 1. The minimum atomic E-state index is -0.739. The van der Waals surface area contributed by atoms with E-state index in [4.69, 9.17) is 4.74 Å². The Kier molecular flexibility index (Phi) is 7.55. The molecule has 0 aliphatic carbocycles. The van der Waals surface area contributed by atoms with Crippen LogP contribution in [0.5, 0.6) is 0 Å². The summed E-state index contributed by atoms with van der Waals surface area (Å²) in [5.74, 6) is -1.62. The first-order chi connectivity index (χ1) is 17.8. The molecule has 6 atom stereocenters. The topological polar surface area (TPSA) is 111 Å². The average Bonchev–Trinajstić information content (AvgIpc) is 3.48. The molecule has 4 aliphatic rings. The van der Waals surface area contributed by atoms with E-state index >= 15 is 0 Å². The number of aliphatic hydroxyl groups is 1. The summed E-state index contributed by atoms with van der Waals surface area (Å²) in [4.78, 5) is 45.1. The molecule has 4 saturated heterocycles. The van der Waals surface area contributed by atoms with Crippen molar-refractivity contribution in [1.82, 2.24) is 20.4 Å². The van der Waals surface area contributed by atoms with Crippen molar-refractivity contribution in [3.63, 3.8) is 0 Å². The number of hydrogen-bond donors (Lipinski definition) is 3. The van der Waals surface area contributed by atoms with Crippen LogP contribution in [0.15, 0.2) is 30.3 Å². The molecular weight excluding hydrogens is 492 g/mol. The molecular formula is C27H38N4O5S. The predicted octanol–water partition coefficient (Wildman–Crippen LogP) is 0.266. The lowest BCUT2D eigenvalue weighted by molar-refractivity contribution is -0.143. The average molecular weight is 531 g/mol. The van der Waals surface area contributed by atoms with Gasteiger partial charge in [0.1, 0.15) is 6.04 Å². The molecule has 0 saturated carbocycles. The number of benzene rings is 1. The Morgan fingerprint density at radius 2 is 1.92 bits per heavy atom. The van der Waals surface area contributed by atoms with Crippen LogP contribution in [0.1, 0.15) is 25.3 Å². The number of ether oxygens (including phenoxy) is 1. The summed E-state index contributed by atoms with van der Waals surface area (Å²) in [6.07, 6.45) is 1.91. The second kappa shape index (κ2) is 10.6. The fourth-order valence-corrected chi connectivity index (χ4v) is 9.35. The summed E-state index contributed by atoms with van der Waals surface area (Å²) in [6, 6.07) is 8.43. The van der Waals surface area contributed by atoms with Crippen LogP contribution in [0.2, 0.25) is 0 Å². The Labute approximate surface area is 222 Å². The van der Waals surface area contributed by atoms with Crippen LogP contribution in [-0.4, -0.2) is 107 Å². The van der Waals surface area contributed by atoms with E-state index in [2.05, 4.69) is 22.5 Å². The van der Waals surface area contributed by atoms with Gasteiger partial charge in [0.25, 0.3) is 0 Å². The van der Waals surface area contributed by atoms with E-state index in [1.807, 2.05) is 30.3 Å². The number of rotatable bonds is 9. The van der Waals surface area contributed by atoms with Crippen molar-refractivity contribution in [2.45, 2.75) is 47.8 Å². The van der Waals surface area contributed by atoms with Gasteiger partial charge in [0.15, 0.2) is 0 Å². The number of carbonyl (C=O) groups is 3. The van der Waals surface area contributed by atoms with Crippen molar-refractivity contribution >= 4 is 29.5 Å². The van der Waals surface area contributed by atoms with Crippen molar-refractivity contribution in [3.05, 3.63) is 35.9 Å². The molecule has 5 rings (SSSR count). The van der Waals surface area contributed by atoms with Gasteiger partial charge in [0, 0.05) is 38.0 Å². The lowest BCUT2D eigenvalue weighted by atomic mass is 9.66. The minimum absolute atomic E-state index is 0.146. The van der Waals surface area contributed by atoms with Gasteiger partial charge < -0.3 is 25.4 Å². The fraction of sp³-hybridized carbons (Fsp3) is 0.667. The zero-order valence-electron chi connectivity index (χ0n) is 21.7. The van der Waals surface area contributed by atoms with Crippen molar-refractivity contribution in [2.75, 3.05) is 53.0 Å². The van der Waals surface area contributed by atoms with E-state index in [1.165, 1.54) is 0 Å². The third-order valence-corrected chi connectivity index (χ3v) is 10.7. The number of amides is 3. The van der Waals surface area contributed by atoms with Crippen molar-refractivity contribution in [2.24, 2.45) is 11.8 Å². The van der Waals surface area contributed by atoms with Crippen LogP contribution in [0.3, 0.4) is 0 Å². The quantitative estimate of drug-likeness (QED) is 0.420. The van der Waals surface area contributed by atoms with Crippen LogP contribution in [0.4, 0.5) is 0 Å². The number of hydrogen-bond acceptors (Lipinski definition) is 7. The standard InChI is InChI=1S/C27H38N4O5S/c1-26-8-9-27(37-26)21(20(26)23(33)28-2)25(35)31(19(17-32)16-18-6-4-3-5-7-18)22(27)24(34)29-10-11-30-12-14-36-15-13-30/h3-7,19-22,32H,8-17H2,1-2H3,(H,28,33)(H,29,34)/t19-,20+,21+,22?,26-,27?/m1/s1. The SMILES string of the molecule is CNC(=O)[C@@H]1[C@H]2C(=O)N([C@@H](CO)Cc3ccccc3)C(C(=O)NCCN3CCOCC3)C23CC[C@@]1(C)S3. The van der Waals surface area contributed by atoms with E-state index in [0.29, 0.717) is 39.1 Å². The van der Waals surface area contributed by atoms with Crippen molar-refractivity contribution in [3.8, 4) is 0 Å². The number of likely N-dealkylation sites (tertiary alicyclic amines) is 1. The Morgan fingerprint density at radius 3 is 2.59 bits per heavy atom. The van der Waals surface area contributed by atoms with Crippen molar-refractivity contribution < 1.29 is 24.2 Å². The number of aliphatic hydroxyl groups excluding tert-OH is 1. The van der Waals surface area contributed by atoms with Gasteiger partial charge in [-0.2, -0.15) is 0 Å². The number of carbonyl (C=O) groups excluding carboxylic acids is 3. The summed E-state index contributed by atoms with van der Waals surface area (Å²) in [5.41, 5.74) is 0.988. The third kappa shape index (κ3) is 4.56. The van der Waals surface area contributed by atoms with E-state index in [-0.39, 0.29) is 24.3 Å². The Bertz CT molecular complexity index is 1020. The highest BCUT2D eigenvalue weighted by Gasteiger charge is 2.77. The summed E-state index contributed by atoms with van der Waals surface area (Å²) in [7, 11) is 1.61. The monoisotopic (exact) mass is 530 g/mol. The van der Waals surface area contributed by atoms with Gasteiger partial charge in [-0.1, -0.05) is 30.3 Å². The van der Waals surface area contributed by atoms with Crippen LogP contribution >= 0.6 is 11.8 Å². The summed E-state index contributed by atoms with van der Waals surface area (Å²) in [6.45, 7) is 6.04. The summed E-state index contributed by atoms with van der Waals surface area (Å²) >= 11 is 1.65. The third-order valence-electron chi connectivity index (χ3n) is 8.74. The largest absolute Gasteiger partial charge is 0.394 e. The number of fused-ring (bicyclic) bond motifs is 1. The lowest BCUT2D eigenvalue weighted by Crippen LogP contribution is -2.57. The molecule has 2 unspecified atom stereocenters. The minimum Gasteiger partial charge on any atom is -0.394 e. The Hall–Kier alpha value is -2.14. The molecule has 1 aromatic carbocycles. The first-order valence-corrected chi connectivity index (χ1v) is 14.1. The molecule has 4 heterocycles. The first kappa shape index (κ1) is 26.5. The van der Waals surface area contributed by atoms with E-state index in [0.717, 1.165) is 25.1 Å². The smallest absolute Gasteiger partial charge is 0.244 e. The molecule has 4 fully saturated rings. The molecule has 0 radical (unpaired) electrons. The maximum Gasteiger partial charge on any atom is 0.244 e. The maximum atomic E-state index is 14.2. The molecule has 3 N–H and O–H groups in total. The zero-order valence-corrected chi connectivity index (χ0v) is 22.5. The number of nitrogens with zero attached hydrogens (tertiary/aromatic N) is 2. The van der Waals surface area contributed by atoms with Gasteiger partial charge >= 0.3 is 0 Å². The van der Waals surface area contributed by atoms with Crippen LogP contribution in [0.25, 0.3) is 0 Å². The molecule has 0 aromatic heterocycles. The molecule has 4 aliphatic heterocycles. The van der Waals surface area contributed by atoms with Crippen molar-refractivity contribution in [1.29, 1.82) is 0 Å². The van der Waals surface area contributed by atoms with Gasteiger partial charge in [-0.15, -0.1) is 11.8 Å². The van der Waals surface area contributed by atoms with Crippen LogP contribution < -0.4 is 10.6 Å². The van der Waals surface area contributed by atoms with Gasteiger partial charge in [0.05, 0.1) is 42.4 Å². The molecule has 9 nitrogen and oxygen atoms in total. The molecule has 37 heavy (non-hydrogen) atoms. The molecule has 1 aromatic rings. The highest BCUT2D eigenvalue weighted by molar-refractivity contribution is 8.02. The molecule has 1 spiro atoms. The molecule has 2 bridgehead atoms. The summed E-state index contributed by atoms with van der Waals surface area (Å²) < 4.78 is 4.34. The first-order valence-electron chi connectivity index (χ1n) is 13.3. The lowest BCUT2D eigenvalue weighted by Gasteiger charge is -2.37. The fourth-order valence-electron chi connectivity index (χ4n) is 7.01. The second-order valence-electron chi connectivity index (χ2n) is 10.9. The molecule has 10 heteroatoms. The molecule has 202 valence electrons. The number of morpholine rings is 1. The predicted molar refractivity (Wildman–Crippen MR) is 141 cm³/mol. The highest BCUT2D eigenvalue weighted by Crippen LogP contribution is 2.71. The number of nitrogens with one attached hydrogen (secondary N) is 2. The Morgan fingerprint density at radius 1 is 1.19 bits per heavy atom. The van der Waals surface area contributed by atoms with E-state index in [9.17, 15) is 19.5 Å². The summed E-state index contributed by atoms with van der Waals surface area (Å²) in [5, 5.41) is 16.4. The van der Waals surface area contributed by atoms with Gasteiger partial charge in [0.2, 0.25) is 17.7 Å². The highest BCUT2D eigenvalue weighted by atomic mass is 32.2. The second-order valence-corrected chi connectivity index (χ2v) is 12.8. The van der Waals surface area contributed by atoms with Gasteiger partial charge in [-0.05, 0) is 31.7 Å². The van der Waals surface area contributed by atoms with Crippen LogP contribution in [0, 0.1) is 11.8 Å². The Balaban J connectivity index is 1.45. The van der Waals surface area contributed by atoms with Gasteiger partial charge in [-0.25, -0.2) is 0 Å². The maximum absolute atomic E-state index is 14.2. The zero-order chi connectivity index (χ0) is 26.2. The van der Waals surface area contributed by atoms with E-state index in [1.54, 1.807) is 23.7 Å². The molecule has 3 amide bonds. The van der Waals surface area contributed by atoms with Gasteiger partial charge in [-0.3, -0.25) is 19.3 Å². The normalized spacial score (nSPS) is 33.9. The van der Waals surface area contributed by atoms with E-state index < -0.39 is 33.4 Å².